The molecule has 0 unspecified atom stereocenters. The van der Waals surface area contributed by atoms with Crippen LogP contribution in [0.5, 0.6) is 5.75 Å². The predicted octanol–water partition coefficient (Wildman–Crippen LogP) is 5.42. The lowest BCUT2D eigenvalue weighted by Gasteiger charge is -2.57. The molecule has 1 aliphatic carbocycles. The Morgan fingerprint density at radius 1 is 1.10 bits per heavy atom. The van der Waals surface area contributed by atoms with Gasteiger partial charge in [-0.05, 0) is 60.2 Å². The van der Waals surface area contributed by atoms with Crippen LogP contribution < -0.4 is 10.1 Å². The number of rotatable bonds is 10. The van der Waals surface area contributed by atoms with Crippen molar-refractivity contribution in [3.05, 3.63) is 101 Å². The van der Waals surface area contributed by atoms with Gasteiger partial charge in [-0.15, -0.1) is 0 Å². The quantitative estimate of drug-likeness (QED) is 0.350. The van der Waals surface area contributed by atoms with E-state index in [0.717, 1.165) is 62.2 Å². The van der Waals surface area contributed by atoms with E-state index in [1.54, 1.807) is 25.6 Å². The summed E-state index contributed by atoms with van der Waals surface area (Å²) in [6, 6.07) is 16.7. The molecule has 2 aliphatic heterocycles. The number of allylic oxidation sites excluding steroid dienone is 1. The zero-order valence-corrected chi connectivity index (χ0v) is 24.3. The van der Waals surface area contributed by atoms with Gasteiger partial charge in [-0.3, -0.25) is 14.7 Å². The molecule has 8 heteroatoms. The monoisotopic (exact) mass is 571 g/mol. The highest BCUT2D eigenvalue weighted by atomic mass is 19.1. The zero-order chi connectivity index (χ0) is 29.1. The maximum atomic E-state index is 13.8. The fourth-order valence-electron chi connectivity index (χ4n) is 6.43. The Morgan fingerprint density at radius 2 is 1.81 bits per heavy atom. The normalized spacial score (nSPS) is 20.1. The second kappa shape index (κ2) is 12.3. The van der Waals surface area contributed by atoms with Crippen LogP contribution in [0.4, 0.5) is 4.39 Å². The van der Waals surface area contributed by atoms with Gasteiger partial charge in [0.05, 0.1) is 37.6 Å². The molecule has 1 amide bonds. The maximum Gasteiger partial charge on any atom is 0.253 e. The smallest absolute Gasteiger partial charge is 0.253 e. The van der Waals surface area contributed by atoms with Crippen molar-refractivity contribution in [3.8, 4) is 5.75 Å². The van der Waals surface area contributed by atoms with Crippen molar-refractivity contribution in [2.45, 2.75) is 38.3 Å². The van der Waals surface area contributed by atoms with Crippen LogP contribution >= 0.6 is 0 Å². The molecule has 0 bridgehead atoms. The SMILES string of the molecule is COCCN1CC2(CC(=C(c3ccc(F)cc3)c3ccc([C@@H](C)NC(=O)c4cncc(O[C@@H]5CCOC5)c4)cc3)C2)C1. The lowest BCUT2D eigenvalue weighted by Crippen LogP contribution is -2.60. The van der Waals surface area contributed by atoms with Crippen molar-refractivity contribution in [2.75, 3.05) is 46.6 Å². The van der Waals surface area contributed by atoms with Gasteiger partial charge >= 0.3 is 0 Å². The summed E-state index contributed by atoms with van der Waals surface area (Å²) < 4.78 is 30.3. The summed E-state index contributed by atoms with van der Waals surface area (Å²) in [5.41, 5.74) is 6.55. The Bertz CT molecular complexity index is 1420. The summed E-state index contributed by atoms with van der Waals surface area (Å²) in [5, 5.41) is 3.08. The Morgan fingerprint density at radius 3 is 2.48 bits per heavy atom. The van der Waals surface area contributed by atoms with E-state index < -0.39 is 0 Å². The molecule has 3 aliphatic rings. The number of hydrogen-bond acceptors (Lipinski definition) is 6. The predicted molar refractivity (Wildman–Crippen MR) is 159 cm³/mol. The summed E-state index contributed by atoms with van der Waals surface area (Å²) >= 11 is 0. The lowest BCUT2D eigenvalue weighted by molar-refractivity contribution is -0.0399. The van der Waals surface area contributed by atoms with E-state index in [-0.39, 0.29) is 23.9 Å². The number of pyridine rings is 1. The first-order valence-electron chi connectivity index (χ1n) is 14.7. The molecule has 2 atom stereocenters. The van der Waals surface area contributed by atoms with Gasteiger partial charge in [0.25, 0.3) is 5.91 Å². The van der Waals surface area contributed by atoms with Gasteiger partial charge in [0.1, 0.15) is 17.7 Å². The number of halogens is 1. The number of nitrogens with one attached hydrogen (secondary N) is 1. The van der Waals surface area contributed by atoms with Crippen LogP contribution in [-0.4, -0.2) is 68.5 Å². The fourth-order valence-corrected chi connectivity index (χ4v) is 6.43. The third-order valence-corrected chi connectivity index (χ3v) is 8.61. The van der Waals surface area contributed by atoms with Crippen molar-refractivity contribution in [2.24, 2.45) is 5.41 Å². The van der Waals surface area contributed by atoms with Gasteiger partial charge in [0.15, 0.2) is 0 Å². The van der Waals surface area contributed by atoms with Crippen molar-refractivity contribution < 1.29 is 23.4 Å². The van der Waals surface area contributed by atoms with E-state index >= 15 is 0 Å². The summed E-state index contributed by atoms with van der Waals surface area (Å²) in [6.45, 7) is 7.15. The fraction of sp³-hybridized carbons (Fsp3) is 0.412. The molecule has 2 aromatic carbocycles. The lowest BCUT2D eigenvalue weighted by atomic mass is 9.59. The van der Waals surface area contributed by atoms with Gasteiger partial charge < -0.3 is 19.5 Å². The van der Waals surface area contributed by atoms with Crippen molar-refractivity contribution >= 4 is 11.5 Å². The first-order valence-corrected chi connectivity index (χ1v) is 14.7. The average Bonchev–Trinajstić information content (AvgIpc) is 3.47. The molecule has 3 fully saturated rings. The molecule has 2 saturated heterocycles. The third kappa shape index (κ3) is 6.26. The highest BCUT2D eigenvalue weighted by molar-refractivity contribution is 5.94. The minimum Gasteiger partial charge on any atom is -0.486 e. The largest absolute Gasteiger partial charge is 0.486 e. The minimum atomic E-state index is -0.235. The van der Waals surface area contributed by atoms with E-state index in [2.05, 4.69) is 39.5 Å². The van der Waals surface area contributed by atoms with Crippen LogP contribution in [0, 0.1) is 11.2 Å². The number of amides is 1. The number of carbonyl (C=O) groups is 1. The molecular formula is C34H38FN3O4. The molecular weight excluding hydrogens is 533 g/mol. The number of benzene rings is 2. The van der Waals surface area contributed by atoms with Crippen LogP contribution in [-0.2, 0) is 9.47 Å². The minimum absolute atomic E-state index is 0.00732. The molecule has 7 nitrogen and oxygen atoms in total. The second-order valence-corrected chi connectivity index (χ2v) is 11.9. The molecule has 42 heavy (non-hydrogen) atoms. The van der Waals surface area contributed by atoms with Crippen molar-refractivity contribution in [3.63, 3.8) is 0 Å². The number of hydrogen-bond donors (Lipinski definition) is 1. The van der Waals surface area contributed by atoms with Gasteiger partial charge in [-0.25, -0.2) is 4.39 Å². The highest BCUT2D eigenvalue weighted by Gasteiger charge is 2.50. The standard InChI is InChI=1S/C34H38FN3O4/c1-23(37-33(39)27-15-31(19-36-18-27)42-30-11-13-41-20-30)24-3-5-25(6-4-24)32(26-7-9-29(35)10-8-26)28-16-34(17-28)21-38(22-34)12-14-40-2/h3-10,15,18-19,23,30H,11-14,16-17,20-22H2,1-2H3,(H,37,39)/t23-,30-/m1/s1. The summed E-state index contributed by atoms with van der Waals surface area (Å²) in [6.07, 6.45) is 6.11. The number of ether oxygens (including phenoxy) is 3. The topological polar surface area (TPSA) is 72.9 Å². The molecule has 3 aromatic rings. The van der Waals surface area contributed by atoms with Gasteiger partial charge in [0.2, 0.25) is 0 Å². The van der Waals surface area contributed by atoms with Crippen LogP contribution in [0.25, 0.3) is 5.57 Å². The first-order chi connectivity index (χ1) is 20.4. The van der Waals surface area contributed by atoms with Gasteiger partial charge in [-0.1, -0.05) is 42.0 Å². The van der Waals surface area contributed by atoms with Crippen LogP contribution in [0.1, 0.15) is 59.3 Å². The summed E-state index contributed by atoms with van der Waals surface area (Å²) in [4.78, 5) is 19.7. The molecule has 1 aromatic heterocycles. The van der Waals surface area contributed by atoms with Gasteiger partial charge in [0, 0.05) is 44.8 Å². The van der Waals surface area contributed by atoms with E-state index in [1.807, 2.05) is 19.1 Å². The number of likely N-dealkylation sites (tertiary alicyclic amines) is 1. The molecule has 1 spiro atoms. The van der Waals surface area contributed by atoms with E-state index in [9.17, 15) is 9.18 Å². The second-order valence-electron chi connectivity index (χ2n) is 11.9. The molecule has 3 heterocycles. The molecule has 0 radical (unpaired) electrons. The highest BCUT2D eigenvalue weighted by Crippen LogP contribution is 2.54. The third-order valence-electron chi connectivity index (χ3n) is 8.61. The number of nitrogens with zero attached hydrogens (tertiary/aromatic N) is 2. The number of carbonyl (C=O) groups excluding carboxylic acids is 1. The molecule has 1 saturated carbocycles. The van der Waals surface area contributed by atoms with E-state index in [0.29, 0.717) is 29.9 Å². The van der Waals surface area contributed by atoms with Crippen LogP contribution in [0.3, 0.4) is 0 Å². The van der Waals surface area contributed by atoms with Crippen molar-refractivity contribution in [1.29, 1.82) is 0 Å². The van der Waals surface area contributed by atoms with Crippen molar-refractivity contribution in [1.82, 2.24) is 15.2 Å². The Balaban J connectivity index is 1.14. The van der Waals surface area contributed by atoms with Gasteiger partial charge in [-0.2, -0.15) is 0 Å². The number of methoxy groups -OCH3 is 1. The molecule has 1 N–H and O–H groups in total. The average molecular weight is 572 g/mol. The Kier molecular flexibility index (Phi) is 8.38. The Hall–Kier alpha value is -3.59. The van der Waals surface area contributed by atoms with E-state index in [1.165, 1.54) is 23.3 Å². The Labute approximate surface area is 246 Å². The maximum absolute atomic E-state index is 13.8. The summed E-state index contributed by atoms with van der Waals surface area (Å²) in [7, 11) is 1.74. The van der Waals surface area contributed by atoms with Crippen LogP contribution in [0.2, 0.25) is 0 Å². The van der Waals surface area contributed by atoms with Crippen LogP contribution in [0.15, 0.2) is 72.6 Å². The zero-order valence-electron chi connectivity index (χ0n) is 24.3. The van der Waals surface area contributed by atoms with E-state index in [4.69, 9.17) is 14.2 Å². The molecule has 6 rings (SSSR count). The first kappa shape index (κ1) is 28.5. The summed E-state index contributed by atoms with van der Waals surface area (Å²) in [5.74, 6) is 0.126. The number of aromatic nitrogens is 1. The molecule has 220 valence electrons.